The summed E-state index contributed by atoms with van der Waals surface area (Å²) in [6.45, 7) is 2.05. The van der Waals surface area contributed by atoms with Gasteiger partial charge in [-0.15, -0.1) is 0 Å². The van der Waals surface area contributed by atoms with Gasteiger partial charge in [0.05, 0.1) is 0 Å². The van der Waals surface area contributed by atoms with Crippen molar-refractivity contribution in [2.75, 3.05) is 0 Å². The molecule has 0 aromatic heterocycles. The maximum Gasteiger partial charge on any atom is 0.00477 e. The second-order valence-electron chi connectivity index (χ2n) is 2.96. The predicted octanol–water partition coefficient (Wildman–Crippen LogP) is 2.00. The first-order valence-electron chi connectivity index (χ1n) is 3.87. The molecule has 0 heterocycles. The van der Waals surface area contributed by atoms with Crippen molar-refractivity contribution in [3.8, 4) is 0 Å². The van der Waals surface area contributed by atoms with E-state index in [-0.39, 0.29) is 0 Å². The van der Waals surface area contributed by atoms with E-state index in [9.17, 15) is 0 Å². The lowest BCUT2D eigenvalue weighted by atomic mass is 10.00. The smallest absolute Gasteiger partial charge is 0.00477 e. The molecule has 56 valence electrons. The molecule has 0 amide bonds. The zero-order chi connectivity index (χ0) is 7.40. The molecule has 0 aromatic rings. The fourth-order valence-electron chi connectivity index (χ4n) is 1.23. The Hall–Kier alpha value is -0.560. The fourth-order valence-corrected chi connectivity index (χ4v) is 1.23. The normalized spacial score (nSPS) is 20.4. The molecule has 0 aromatic carbocycles. The third-order valence-corrected chi connectivity index (χ3v) is 1.67. The summed E-state index contributed by atoms with van der Waals surface area (Å²) in [5, 5.41) is 0. The molecule has 2 N–H and O–H groups in total. The van der Waals surface area contributed by atoms with Crippen molar-refractivity contribution in [1.82, 2.24) is 0 Å². The summed E-state index contributed by atoms with van der Waals surface area (Å²) in [6.07, 6.45) is 9.97. The number of hydrogen-bond donors (Lipinski definition) is 1. The van der Waals surface area contributed by atoms with Gasteiger partial charge in [-0.25, -0.2) is 0 Å². The van der Waals surface area contributed by atoms with Crippen molar-refractivity contribution in [2.45, 2.75) is 32.2 Å². The molecule has 0 fully saturated rings. The van der Waals surface area contributed by atoms with E-state index in [1.165, 1.54) is 5.57 Å². The third-order valence-electron chi connectivity index (χ3n) is 1.67. The summed E-state index contributed by atoms with van der Waals surface area (Å²) >= 11 is 0. The van der Waals surface area contributed by atoms with Gasteiger partial charge >= 0.3 is 0 Å². The van der Waals surface area contributed by atoms with E-state index in [4.69, 9.17) is 5.73 Å². The van der Waals surface area contributed by atoms with E-state index in [1.54, 1.807) is 0 Å². The summed E-state index contributed by atoms with van der Waals surface area (Å²) in [5.41, 5.74) is 7.16. The maximum absolute atomic E-state index is 5.66. The lowest BCUT2D eigenvalue weighted by Crippen LogP contribution is -2.15. The summed E-state index contributed by atoms with van der Waals surface area (Å²) in [7, 11) is 0. The second-order valence-corrected chi connectivity index (χ2v) is 2.96. The molecule has 1 rings (SSSR count). The van der Waals surface area contributed by atoms with E-state index >= 15 is 0 Å². The summed E-state index contributed by atoms with van der Waals surface area (Å²) < 4.78 is 0. The van der Waals surface area contributed by atoms with Crippen LogP contribution in [0.15, 0.2) is 23.8 Å². The van der Waals surface area contributed by atoms with Gasteiger partial charge in [0, 0.05) is 6.04 Å². The zero-order valence-corrected chi connectivity index (χ0v) is 6.51. The van der Waals surface area contributed by atoms with Crippen LogP contribution in [0.2, 0.25) is 0 Å². The Balaban J connectivity index is 2.34. The first-order valence-corrected chi connectivity index (χ1v) is 3.87. The Morgan fingerprint density at radius 3 is 2.90 bits per heavy atom. The first kappa shape index (κ1) is 7.55. The fraction of sp³-hybridized carbons (Fsp3) is 0.556. The van der Waals surface area contributed by atoms with Gasteiger partial charge in [-0.1, -0.05) is 23.8 Å². The first-order chi connectivity index (χ1) is 4.79. The van der Waals surface area contributed by atoms with E-state index in [2.05, 4.69) is 25.2 Å². The zero-order valence-electron chi connectivity index (χ0n) is 6.51. The largest absolute Gasteiger partial charge is 0.328 e. The molecular weight excluding hydrogens is 122 g/mol. The Labute approximate surface area is 62.6 Å². The number of rotatable bonds is 2. The predicted molar refractivity (Wildman–Crippen MR) is 44.7 cm³/mol. The molecule has 1 aliphatic rings. The van der Waals surface area contributed by atoms with Crippen LogP contribution in [0, 0.1) is 0 Å². The Morgan fingerprint density at radius 1 is 1.60 bits per heavy atom. The van der Waals surface area contributed by atoms with Crippen LogP contribution in [0.4, 0.5) is 0 Å². The Kier molecular flexibility index (Phi) is 2.69. The molecule has 1 aliphatic carbocycles. The third kappa shape index (κ3) is 2.36. The van der Waals surface area contributed by atoms with Crippen LogP contribution in [-0.4, -0.2) is 6.04 Å². The molecule has 1 heteroatoms. The maximum atomic E-state index is 5.66. The minimum atomic E-state index is 0.317. The molecule has 10 heavy (non-hydrogen) atoms. The van der Waals surface area contributed by atoms with Crippen LogP contribution >= 0.6 is 0 Å². The van der Waals surface area contributed by atoms with Gasteiger partial charge in [-0.2, -0.15) is 0 Å². The molecule has 0 saturated heterocycles. The highest BCUT2D eigenvalue weighted by Crippen LogP contribution is 2.15. The Morgan fingerprint density at radius 2 is 2.40 bits per heavy atom. The van der Waals surface area contributed by atoms with E-state index in [0.717, 1.165) is 19.3 Å². The van der Waals surface area contributed by atoms with E-state index in [1.807, 2.05) is 0 Å². The highest BCUT2D eigenvalue weighted by atomic mass is 14.6. The molecule has 1 nitrogen and oxygen atoms in total. The molecule has 1 atom stereocenters. The van der Waals surface area contributed by atoms with Crippen LogP contribution in [0.25, 0.3) is 0 Å². The van der Waals surface area contributed by atoms with Gasteiger partial charge in [0.25, 0.3) is 0 Å². The van der Waals surface area contributed by atoms with Crippen LogP contribution in [0.5, 0.6) is 0 Å². The minimum Gasteiger partial charge on any atom is -0.328 e. The van der Waals surface area contributed by atoms with Gasteiger partial charge in [-0.3, -0.25) is 0 Å². The monoisotopic (exact) mass is 137 g/mol. The van der Waals surface area contributed by atoms with Crippen molar-refractivity contribution < 1.29 is 0 Å². The average Bonchev–Trinajstić information content (AvgIpc) is 1.88. The molecule has 0 spiro atoms. The summed E-state index contributed by atoms with van der Waals surface area (Å²) in [5.74, 6) is 0. The van der Waals surface area contributed by atoms with Crippen LogP contribution < -0.4 is 5.73 Å². The molecule has 1 unspecified atom stereocenters. The molecule has 0 aliphatic heterocycles. The second kappa shape index (κ2) is 3.57. The van der Waals surface area contributed by atoms with Gasteiger partial charge in [-0.05, 0) is 26.2 Å². The van der Waals surface area contributed by atoms with Gasteiger partial charge in [0.2, 0.25) is 0 Å². The number of hydrogen-bond acceptors (Lipinski definition) is 1. The van der Waals surface area contributed by atoms with Crippen molar-refractivity contribution in [3.05, 3.63) is 23.8 Å². The van der Waals surface area contributed by atoms with Crippen molar-refractivity contribution in [2.24, 2.45) is 5.73 Å². The lowest BCUT2D eigenvalue weighted by molar-refractivity contribution is 0.716. The lowest BCUT2D eigenvalue weighted by Gasteiger charge is -2.10. The van der Waals surface area contributed by atoms with E-state index < -0.39 is 0 Å². The molecule has 0 saturated carbocycles. The highest BCUT2D eigenvalue weighted by Gasteiger charge is 2.00. The van der Waals surface area contributed by atoms with Crippen molar-refractivity contribution >= 4 is 0 Å². The van der Waals surface area contributed by atoms with Crippen LogP contribution in [0.1, 0.15) is 26.2 Å². The standard InChI is InChI=1S/C9H15N/c1-8(10)7-9-5-3-2-4-6-9/h2-3,6,8H,4-5,7,10H2,1H3. The summed E-state index contributed by atoms with van der Waals surface area (Å²) in [4.78, 5) is 0. The number of allylic oxidation sites excluding steroid dienone is 3. The average molecular weight is 137 g/mol. The van der Waals surface area contributed by atoms with Crippen molar-refractivity contribution in [3.63, 3.8) is 0 Å². The molecular formula is C9H15N. The molecule has 0 radical (unpaired) electrons. The molecule has 0 bridgehead atoms. The van der Waals surface area contributed by atoms with Crippen molar-refractivity contribution in [1.29, 1.82) is 0 Å². The topological polar surface area (TPSA) is 26.0 Å². The van der Waals surface area contributed by atoms with E-state index in [0.29, 0.717) is 6.04 Å². The van der Waals surface area contributed by atoms with Gasteiger partial charge < -0.3 is 5.73 Å². The van der Waals surface area contributed by atoms with Crippen LogP contribution in [0.3, 0.4) is 0 Å². The van der Waals surface area contributed by atoms with Gasteiger partial charge in [0.1, 0.15) is 0 Å². The quantitative estimate of drug-likeness (QED) is 0.579. The number of nitrogens with two attached hydrogens (primary N) is 1. The van der Waals surface area contributed by atoms with Gasteiger partial charge in [0.15, 0.2) is 0 Å². The SMILES string of the molecule is CC(N)CC1=CCC=CC1. The minimum absolute atomic E-state index is 0.317. The van der Waals surface area contributed by atoms with Crippen LogP contribution in [-0.2, 0) is 0 Å². The highest BCUT2D eigenvalue weighted by molar-refractivity contribution is 5.15. The summed E-state index contributed by atoms with van der Waals surface area (Å²) in [6, 6.07) is 0.317. The Bertz CT molecular complexity index is 154.